The zero-order valence-electron chi connectivity index (χ0n) is 14.4. The average molecular weight is 375 g/mol. The molecule has 2 N–H and O–H groups in total. The van der Waals surface area contributed by atoms with Gasteiger partial charge in [0.2, 0.25) is 12.7 Å². The second kappa shape index (κ2) is 7.66. The van der Waals surface area contributed by atoms with Crippen LogP contribution >= 0.6 is 11.6 Å². The SMILES string of the molecule is CC(NC(=O)c1ccccc1Cl)C(=O)NC(C)c1ccc2c(c1)OCO2. The standard InChI is InChI=1S/C19H19ClN2O4/c1-11(13-7-8-16-17(9-13)26-10-25-16)21-18(23)12(2)22-19(24)14-5-3-4-6-15(14)20/h3-9,11-12H,10H2,1-2H3,(H,21,23)(H,22,24). The van der Waals surface area contributed by atoms with Crippen LogP contribution in [0.5, 0.6) is 11.5 Å². The van der Waals surface area contributed by atoms with Gasteiger partial charge in [-0.2, -0.15) is 0 Å². The lowest BCUT2D eigenvalue weighted by Crippen LogP contribution is -2.45. The Morgan fingerprint density at radius 2 is 1.77 bits per heavy atom. The largest absolute Gasteiger partial charge is 0.454 e. The van der Waals surface area contributed by atoms with Gasteiger partial charge in [-0.05, 0) is 43.7 Å². The Balaban J connectivity index is 1.60. The van der Waals surface area contributed by atoms with Crippen LogP contribution in [0.3, 0.4) is 0 Å². The summed E-state index contributed by atoms with van der Waals surface area (Å²) in [7, 11) is 0. The predicted octanol–water partition coefficient (Wildman–Crippen LogP) is 3.06. The maximum Gasteiger partial charge on any atom is 0.253 e. The Kier molecular flexibility index (Phi) is 5.32. The van der Waals surface area contributed by atoms with Gasteiger partial charge in [-0.15, -0.1) is 0 Å². The third-order valence-corrected chi connectivity index (χ3v) is 4.44. The van der Waals surface area contributed by atoms with Crippen LogP contribution in [0, 0.1) is 0 Å². The molecule has 1 aliphatic rings. The van der Waals surface area contributed by atoms with Crippen LogP contribution in [0.1, 0.15) is 35.8 Å². The normalized spacial score (nSPS) is 14.4. The Morgan fingerprint density at radius 3 is 2.54 bits per heavy atom. The number of carbonyl (C=O) groups is 2. The number of fused-ring (bicyclic) bond motifs is 1. The van der Waals surface area contributed by atoms with Gasteiger partial charge in [0.1, 0.15) is 6.04 Å². The van der Waals surface area contributed by atoms with Crippen molar-refractivity contribution in [3.8, 4) is 11.5 Å². The summed E-state index contributed by atoms with van der Waals surface area (Å²) in [4.78, 5) is 24.7. The number of hydrogen-bond acceptors (Lipinski definition) is 4. The summed E-state index contributed by atoms with van der Waals surface area (Å²) < 4.78 is 10.6. The summed E-state index contributed by atoms with van der Waals surface area (Å²) in [5.74, 6) is 0.654. The second-order valence-corrected chi connectivity index (χ2v) is 6.43. The lowest BCUT2D eigenvalue weighted by molar-refractivity contribution is -0.123. The summed E-state index contributed by atoms with van der Waals surface area (Å²) >= 11 is 6.01. The summed E-state index contributed by atoms with van der Waals surface area (Å²) in [6.45, 7) is 3.68. The van der Waals surface area contributed by atoms with Gasteiger partial charge < -0.3 is 20.1 Å². The first-order valence-corrected chi connectivity index (χ1v) is 8.59. The Hall–Kier alpha value is -2.73. The number of nitrogens with one attached hydrogen (secondary N) is 2. The van der Waals surface area contributed by atoms with E-state index < -0.39 is 11.9 Å². The maximum absolute atomic E-state index is 12.4. The molecule has 0 aliphatic carbocycles. The molecule has 0 fully saturated rings. The van der Waals surface area contributed by atoms with Crippen molar-refractivity contribution in [2.45, 2.75) is 25.9 Å². The van der Waals surface area contributed by atoms with Crippen LogP contribution in [0.15, 0.2) is 42.5 Å². The molecule has 0 aromatic heterocycles. The first-order valence-electron chi connectivity index (χ1n) is 8.21. The smallest absolute Gasteiger partial charge is 0.253 e. The van der Waals surface area contributed by atoms with Crippen LogP contribution in [0.2, 0.25) is 5.02 Å². The molecule has 1 aliphatic heterocycles. The topological polar surface area (TPSA) is 76.7 Å². The van der Waals surface area contributed by atoms with E-state index in [1.54, 1.807) is 31.2 Å². The van der Waals surface area contributed by atoms with Crippen molar-refractivity contribution in [2.75, 3.05) is 6.79 Å². The van der Waals surface area contributed by atoms with Crippen LogP contribution in [-0.4, -0.2) is 24.6 Å². The quantitative estimate of drug-likeness (QED) is 0.843. The molecule has 0 spiro atoms. The van der Waals surface area contributed by atoms with Crippen molar-refractivity contribution < 1.29 is 19.1 Å². The van der Waals surface area contributed by atoms with Crippen LogP contribution in [0.4, 0.5) is 0 Å². The summed E-state index contributed by atoms with van der Waals surface area (Å²) in [6, 6.07) is 11.2. The van der Waals surface area contributed by atoms with E-state index >= 15 is 0 Å². The minimum atomic E-state index is -0.713. The van der Waals surface area contributed by atoms with E-state index in [0.29, 0.717) is 22.1 Å². The lowest BCUT2D eigenvalue weighted by Gasteiger charge is -2.19. The van der Waals surface area contributed by atoms with Crippen LogP contribution in [-0.2, 0) is 4.79 Å². The Labute approximate surface area is 156 Å². The highest BCUT2D eigenvalue weighted by Crippen LogP contribution is 2.34. The molecule has 26 heavy (non-hydrogen) atoms. The first-order chi connectivity index (χ1) is 12.5. The molecule has 2 aromatic rings. The van der Waals surface area contributed by atoms with Crippen molar-refractivity contribution in [3.63, 3.8) is 0 Å². The number of ether oxygens (including phenoxy) is 2. The van der Waals surface area contributed by atoms with Crippen molar-refractivity contribution in [1.29, 1.82) is 0 Å². The molecule has 7 heteroatoms. The van der Waals surface area contributed by atoms with E-state index in [1.165, 1.54) is 0 Å². The highest BCUT2D eigenvalue weighted by molar-refractivity contribution is 6.33. The molecular formula is C19H19ClN2O4. The minimum absolute atomic E-state index is 0.199. The minimum Gasteiger partial charge on any atom is -0.454 e. The third-order valence-electron chi connectivity index (χ3n) is 4.11. The van der Waals surface area contributed by atoms with E-state index in [0.717, 1.165) is 5.56 Å². The zero-order chi connectivity index (χ0) is 18.7. The van der Waals surface area contributed by atoms with Gasteiger partial charge in [0.25, 0.3) is 5.91 Å². The molecule has 0 radical (unpaired) electrons. The second-order valence-electron chi connectivity index (χ2n) is 6.02. The van der Waals surface area contributed by atoms with Gasteiger partial charge in [0, 0.05) is 0 Å². The highest BCUT2D eigenvalue weighted by Gasteiger charge is 2.21. The van der Waals surface area contributed by atoms with Gasteiger partial charge >= 0.3 is 0 Å². The van der Waals surface area contributed by atoms with E-state index in [1.807, 2.05) is 25.1 Å². The average Bonchev–Trinajstić information content (AvgIpc) is 3.09. The lowest BCUT2D eigenvalue weighted by atomic mass is 10.1. The number of carbonyl (C=O) groups excluding carboxylic acids is 2. The van der Waals surface area contributed by atoms with Gasteiger partial charge in [0.05, 0.1) is 16.6 Å². The molecule has 0 saturated heterocycles. The molecule has 2 aromatic carbocycles. The predicted molar refractivity (Wildman–Crippen MR) is 97.5 cm³/mol. The molecule has 3 rings (SSSR count). The van der Waals surface area contributed by atoms with Gasteiger partial charge in [-0.3, -0.25) is 9.59 Å². The molecule has 2 unspecified atom stereocenters. The number of benzene rings is 2. The number of amides is 2. The monoisotopic (exact) mass is 374 g/mol. The van der Waals surface area contributed by atoms with Crippen molar-refractivity contribution in [1.82, 2.24) is 10.6 Å². The summed E-state index contributed by atoms with van der Waals surface area (Å²) in [5.41, 5.74) is 1.21. The Morgan fingerprint density at radius 1 is 1.04 bits per heavy atom. The van der Waals surface area contributed by atoms with Crippen molar-refractivity contribution in [2.24, 2.45) is 0 Å². The molecule has 2 amide bonds. The van der Waals surface area contributed by atoms with Gasteiger partial charge in [-0.25, -0.2) is 0 Å². The van der Waals surface area contributed by atoms with E-state index in [2.05, 4.69) is 10.6 Å². The van der Waals surface area contributed by atoms with Gasteiger partial charge in [-0.1, -0.05) is 29.8 Å². The fourth-order valence-electron chi connectivity index (χ4n) is 2.59. The summed E-state index contributed by atoms with van der Waals surface area (Å²) in [5, 5.41) is 5.87. The van der Waals surface area contributed by atoms with Crippen LogP contribution in [0.25, 0.3) is 0 Å². The molecule has 2 atom stereocenters. The number of rotatable bonds is 5. The van der Waals surface area contributed by atoms with E-state index in [-0.39, 0.29) is 18.7 Å². The fraction of sp³-hybridized carbons (Fsp3) is 0.263. The highest BCUT2D eigenvalue weighted by atomic mass is 35.5. The van der Waals surface area contributed by atoms with Crippen molar-refractivity contribution >= 4 is 23.4 Å². The fourth-order valence-corrected chi connectivity index (χ4v) is 2.81. The van der Waals surface area contributed by atoms with Crippen molar-refractivity contribution in [3.05, 3.63) is 58.6 Å². The van der Waals surface area contributed by atoms with E-state index in [4.69, 9.17) is 21.1 Å². The number of hydrogen-bond donors (Lipinski definition) is 2. The van der Waals surface area contributed by atoms with Crippen LogP contribution < -0.4 is 20.1 Å². The molecule has 0 saturated carbocycles. The zero-order valence-corrected chi connectivity index (χ0v) is 15.2. The molecule has 6 nitrogen and oxygen atoms in total. The third kappa shape index (κ3) is 3.91. The molecule has 0 bridgehead atoms. The molecule has 136 valence electrons. The van der Waals surface area contributed by atoms with E-state index in [9.17, 15) is 9.59 Å². The maximum atomic E-state index is 12.4. The Bertz CT molecular complexity index is 840. The summed E-state index contributed by atoms with van der Waals surface area (Å²) in [6.07, 6.45) is 0. The molecule has 1 heterocycles. The first kappa shape index (κ1) is 18.1. The number of halogens is 1. The van der Waals surface area contributed by atoms with Gasteiger partial charge in [0.15, 0.2) is 11.5 Å². The molecular weight excluding hydrogens is 356 g/mol.